The summed E-state index contributed by atoms with van der Waals surface area (Å²) in [5.41, 5.74) is 0.00231. The summed E-state index contributed by atoms with van der Waals surface area (Å²) in [4.78, 5) is 20.6. The molecule has 1 aliphatic rings. The summed E-state index contributed by atoms with van der Waals surface area (Å²) in [6.45, 7) is 1.90. The maximum absolute atomic E-state index is 10.8. The molecule has 0 spiro atoms. The van der Waals surface area contributed by atoms with E-state index in [1.165, 1.54) is 12.4 Å². The number of hydrogen-bond acceptors (Lipinski definition) is 6. The maximum atomic E-state index is 10.8. The van der Waals surface area contributed by atoms with Crippen LogP contribution in [0.1, 0.15) is 10.5 Å². The van der Waals surface area contributed by atoms with Crippen molar-refractivity contribution in [1.82, 2.24) is 15.3 Å². The Kier molecular flexibility index (Phi) is 3.50. The molecule has 2 rings (SSSR count). The summed E-state index contributed by atoms with van der Waals surface area (Å²) in [5, 5.41) is 11.9. The van der Waals surface area contributed by atoms with Crippen molar-refractivity contribution in [3.8, 4) is 0 Å². The maximum Gasteiger partial charge on any atom is 0.354 e. The van der Waals surface area contributed by atoms with Crippen molar-refractivity contribution in [1.29, 1.82) is 0 Å². The fourth-order valence-corrected chi connectivity index (χ4v) is 1.67. The van der Waals surface area contributed by atoms with Gasteiger partial charge in [-0.1, -0.05) is 0 Å². The molecular weight excluding hydrogens is 224 g/mol. The number of rotatable bonds is 3. The molecular formula is C10H14N4O3. The Bertz CT molecular complexity index is 412. The number of morpholine rings is 1. The molecule has 0 saturated carbocycles. The number of likely N-dealkylation sites (N-methyl/N-ethyl adjacent to an activating group) is 1. The highest BCUT2D eigenvalue weighted by atomic mass is 16.5. The molecule has 1 aromatic heterocycles. The first-order valence-electron chi connectivity index (χ1n) is 5.30. The highest BCUT2D eigenvalue weighted by molar-refractivity contribution is 5.86. The second kappa shape index (κ2) is 5.07. The fourth-order valence-electron chi connectivity index (χ4n) is 1.67. The van der Waals surface area contributed by atoms with E-state index in [0.717, 1.165) is 0 Å². The van der Waals surface area contributed by atoms with Crippen molar-refractivity contribution >= 4 is 11.8 Å². The van der Waals surface area contributed by atoms with E-state index >= 15 is 0 Å². The van der Waals surface area contributed by atoms with E-state index in [1.807, 2.05) is 11.9 Å². The van der Waals surface area contributed by atoms with E-state index in [1.54, 1.807) is 0 Å². The molecule has 1 aliphatic heterocycles. The van der Waals surface area contributed by atoms with Crippen molar-refractivity contribution in [2.75, 3.05) is 31.6 Å². The van der Waals surface area contributed by atoms with Gasteiger partial charge in [0.1, 0.15) is 18.4 Å². The number of hydrogen-bond donors (Lipinski definition) is 2. The molecule has 1 saturated heterocycles. The van der Waals surface area contributed by atoms with Crippen molar-refractivity contribution in [3.05, 3.63) is 18.1 Å². The average molecular weight is 238 g/mol. The quantitative estimate of drug-likeness (QED) is 0.737. The van der Waals surface area contributed by atoms with Gasteiger partial charge in [0.15, 0.2) is 5.69 Å². The first kappa shape index (κ1) is 11.7. The minimum Gasteiger partial charge on any atom is -0.477 e. The molecule has 0 aliphatic carbocycles. The lowest BCUT2D eigenvalue weighted by Gasteiger charge is -2.33. The molecule has 2 heterocycles. The van der Waals surface area contributed by atoms with Gasteiger partial charge in [-0.2, -0.15) is 0 Å². The van der Waals surface area contributed by atoms with Crippen LogP contribution in [0.3, 0.4) is 0 Å². The predicted molar refractivity (Wildman–Crippen MR) is 60.0 cm³/mol. The minimum absolute atomic E-state index is 0.00231. The van der Waals surface area contributed by atoms with E-state index in [9.17, 15) is 4.79 Å². The van der Waals surface area contributed by atoms with Gasteiger partial charge in [-0.3, -0.25) is 5.32 Å². The predicted octanol–water partition coefficient (Wildman–Crippen LogP) is -0.443. The third-order valence-corrected chi connectivity index (χ3v) is 2.58. The van der Waals surface area contributed by atoms with Crippen LogP contribution in [0.25, 0.3) is 0 Å². The Balaban J connectivity index is 2.16. The van der Waals surface area contributed by atoms with Gasteiger partial charge < -0.3 is 14.7 Å². The molecule has 1 aromatic rings. The van der Waals surface area contributed by atoms with Crippen LogP contribution in [0, 0.1) is 0 Å². The topological polar surface area (TPSA) is 87.6 Å². The number of aromatic nitrogens is 2. The van der Waals surface area contributed by atoms with Crippen molar-refractivity contribution in [2.24, 2.45) is 0 Å². The molecule has 92 valence electrons. The van der Waals surface area contributed by atoms with Crippen LogP contribution in [0.4, 0.5) is 5.82 Å². The zero-order valence-corrected chi connectivity index (χ0v) is 9.46. The van der Waals surface area contributed by atoms with Crippen LogP contribution in [-0.4, -0.2) is 54.0 Å². The Labute approximate surface area is 98.4 Å². The zero-order valence-electron chi connectivity index (χ0n) is 9.46. The number of carbonyl (C=O) groups is 1. The van der Waals surface area contributed by atoms with E-state index in [0.29, 0.717) is 25.5 Å². The minimum atomic E-state index is -1.05. The summed E-state index contributed by atoms with van der Waals surface area (Å²) >= 11 is 0. The van der Waals surface area contributed by atoms with Crippen LogP contribution in [0.2, 0.25) is 0 Å². The van der Waals surface area contributed by atoms with Crippen molar-refractivity contribution < 1.29 is 14.6 Å². The van der Waals surface area contributed by atoms with E-state index < -0.39 is 5.97 Å². The lowest BCUT2D eigenvalue weighted by atomic mass is 10.3. The second-order valence-corrected chi connectivity index (χ2v) is 3.66. The second-order valence-electron chi connectivity index (χ2n) is 3.66. The summed E-state index contributed by atoms with van der Waals surface area (Å²) < 4.78 is 5.44. The third-order valence-electron chi connectivity index (χ3n) is 2.58. The van der Waals surface area contributed by atoms with Crippen LogP contribution in [-0.2, 0) is 4.74 Å². The third kappa shape index (κ3) is 2.69. The highest BCUT2D eigenvalue weighted by Gasteiger charge is 2.20. The highest BCUT2D eigenvalue weighted by Crippen LogP contribution is 2.14. The van der Waals surface area contributed by atoms with Crippen LogP contribution in [0.5, 0.6) is 0 Å². The lowest BCUT2D eigenvalue weighted by Crippen LogP contribution is -2.48. The summed E-state index contributed by atoms with van der Waals surface area (Å²) in [6.07, 6.45) is 1.20. The van der Waals surface area contributed by atoms with Crippen LogP contribution in [0.15, 0.2) is 12.4 Å². The standard InChI is InChI=1S/C10H14N4O3/c1-11-9-5-14(2-3-17-9)8-4-7(10(15)16)12-6-13-8/h4,6,9,11H,2-3,5H2,1H3,(H,15,16). The molecule has 1 fully saturated rings. The summed E-state index contributed by atoms with van der Waals surface area (Å²) in [5.74, 6) is -0.437. The molecule has 1 unspecified atom stereocenters. The molecule has 0 amide bonds. The number of carboxylic acids is 1. The van der Waals surface area contributed by atoms with Crippen molar-refractivity contribution in [3.63, 3.8) is 0 Å². The average Bonchev–Trinajstić information content (AvgIpc) is 2.39. The molecule has 1 atom stereocenters. The molecule has 0 aromatic carbocycles. The van der Waals surface area contributed by atoms with Gasteiger partial charge in [-0.25, -0.2) is 14.8 Å². The molecule has 0 radical (unpaired) electrons. The van der Waals surface area contributed by atoms with Gasteiger partial charge in [0.25, 0.3) is 0 Å². The van der Waals surface area contributed by atoms with Gasteiger partial charge in [0, 0.05) is 12.6 Å². The molecule has 17 heavy (non-hydrogen) atoms. The largest absolute Gasteiger partial charge is 0.477 e. The van der Waals surface area contributed by atoms with Gasteiger partial charge >= 0.3 is 5.97 Å². The molecule has 2 N–H and O–H groups in total. The van der Waals surface area contributed by atoms with E-state index in [2.05, 4.69) is 15.3 Å². The van der Waals surface area contributed by atoms with E-state index in [4.69, 9.17) is 9.84 Å². The lowest BCUT2D eigenvalue weighted by molar-refractivity contribution is 0.0231. The first-order chi connectivity index (χ1) is 8.20. The van der Waals surface area contributed by atoms with Gasteiger partial charge in [0.2, 0.25) is 0 Å². The van der Waals surface area contributed by atoms with Crippen molar-refractivity contribution in [2.45, 2.75) is 6.23 Å². The fraction of sp³-hybridized carbons (Fsp3) is 0.500. The van der Waals surface area contributed by atoms with Crippen LogP contribution >= 0.6 is 0 Å². The number of aromatic carboxylic acids is 1. The Morgan fingerprint density at radius 3 is 3.18 bits per heavy atom. The summed E-state index contributed by atoms with van der Waals surface area (Å²) in [7, 11) is 1.82. The van der Waals surface area contributed by atoms with Gasteiger partial charge in [0.05, 0.1) is 13.2 Å². The molecule has 0 bridgehead atoms. The monoisotopic (exact) mass is 238 g/mol. The first-order valence-corrected chi connectivity index (χ1v) is 5.30. The van der Waals surface area contributed by atoms with Gasteiger partial charge in [-0.15, -0.1) is 0 Å². The number of nitrogens with zero attached hydrogens (tertiary/aromatic N) is 3. The Morgan fingerprint density at radius 2 is 2.47 bits per heavy atom. The number of nitrogens with one attached hydrogen (secondary N) is 1. The van der Waals surface area contributed by atoms with E-state index in [-0.39, 0.29) is 11.9 Å². The Hall–Kier alpha value is -1.73. The Morgan fingerprint density at radius 1 is 1.65 bits per heavy atom. The number of carboxylic acid groups (broad SMARTS) is 1. The number of anilines is 1. The zero-order chi connectivity index (χ0) is 12.3. The van der Waals surface area contributed by atoms with Gasteiger partial charge in [-0.05, 0) is 7.05 Å². The normalized spacial score (nSPS) is 20.3. The number of ether oxygens (including phenoxy) is 1. The summed E-state index contributed by atoms with van der Waals surface area (Å²) in [6, 6.07) is 1.47. The van der Waals surface area contributed by atoms with Crippen LogP contribution < -0.4 is 10.2 Å². The smallest absolute Gasteiger partial charge is 0.354 e. The molecule has 7 heteroatoms. The SMILES string of the molecule is CNC1CN(c2cc(C(=O)O)ncn2)CCO1. The molecule has 7 nitrogen and oxygen atoms in total.